The molecule has 7 heteroatoms. The molecule has 5 nitrogen and oxygen atoms in total. The van der Waals surface area contributed by atoms with Crippen LogP contribution in [0.3, 0.4) is 0 Å². The number of aryl methyl sites for hydroxylation is 2. The Labute approximate surface area is 194 Å². The predicted molar refractivity (Wildman–Crippen MR) is 128 cm³/mol. The average Bonchev–Trinajstić information content (AvgIpc) is 3.26. The van der Waals surface area contributed by atoms with E-state index in [-0.39, 0.29) is 24.1 Å². The van der Waals surface area contributed by atoms with Gasteiger partial charge in [0.15, 0.2) is 0 Å². The molecule has 0 radical (unpaired) electrons. The highest BCUT2D eigenvalue weighted by molar-refractivity contribution is 7.92. The van der Waals surface area contributed by atoms with Gasteiger partial charge in [-0.25, -0.2) is 12.8 Å². The molecule has 0 unspecified atom stereocenters. The van der Waals surface area contributed by atoms with Crippen LogP contribution in [-0.2, 0) is 29.4 Å². The van der Waals surface area contributed by atoms with Crippen molar-refractivity contribution in [2.24, 2.45) is 0 Å². The molecule has 3 aromatic carbocycles. The Kier molecular flexibility index (Phi) is 6.51. The molecule has 1 atom stereocenters. The molecular formula is C26H27FN2O3S. The number of carbonyl (C=O) groups is 1. The zero-order chi connectivity index (χ0) is 23.6. The van der Waals surface area contributed by atoms with Crippen LogP contribution in [0.5, 0.6) is 0 Å². The number of benzene rings is 3. The maximum absolute atomic E-state index is 14.1. The van der Waals surface area contributed by atoms with E-state index in [1.165, 1.54) is 23.6 Å². The van der Waals surface area contributed by atoms with Gasteiger partial charge >= 0.3 is 0 Å². The smallest absolute Gasteiger partial charge is 0.251 e. The summed E-state index contributed by atoms with van der Waals surface area (Å²) in [5.41, 5.74) is 4.86. The highest BCUT2D eigenvalue weighted by Gasteiger charge is 2.20. The number of hydrogen-bond donors (Lipinski definition) is 1. The van der Waals surface area contributed by atoms with E-state index in [1.54, 1.807) is 42.5 Å². The fourth-order valence-electron chi connectivity index (χ4n) is 4.18. The first-order valence-corrected chi connectivity index (χ1v) is 12.8. The van der Waals surface area contributed by atoms with Crippen LogP contribution in [0.4, 0.5) is 10.1 Å². The third-order valence-corrected chi connectivity index (χ3v) is 7.20. The summed E-state index contributed by atoms with van der Waals surface area (Å²) in [5, 5.41) is 3.01. The maximum atomic E-state index is 14.1. The minimum absolute atomic E-state index is 0.133. The van der Waals surface area contributed by atoms with Crippen LogP contribution in [0, 0.1) is 5.82 Å². The molecule has 1 aliphatic rings. The molecule has 0 aromatic heterocycles. The van der Waals surface area contributed by atoms with Crippen molar-refractivity contribution >= 4 is 21.6 Å². The van der Waals surface area contributed by atoms with Crippen molar-refractivity contribution in [3.05, 3.63) is 100 Å². The topological polar surface area (TPSA) is 66.5 Å². The lowest BCUT2D eigenvalue weighted by Gasteiger charge is -2.23. The molecule has 1 N–H and O–H groups in total. The van der Waals surface area contributed by atoms with Gasteiger partial charge < -0.3 is 5.32 Å². The van der Waals surface area contributed by atoms with Gasteiger partial charge in [0.2, 0.25) is 10.0 Å². The lowest BCUT2D eigenvalue weighted by molar-refractivity contribution is 0.0940. The van der Waals surface area contributed by atoms with Crippen molar-refractivity contribution in [2.75, 3.05) is 10.6 Å². The van der Waals surface area contributed by atoms with Crippen LogP contribution < -0.4 is 9.62 Å². The van der Waals surface area contributed by atoms with Crippen LogP contribution in [-0.4, -0.2) is 20.6 Å². The first-order chi connectivity index (χ1) is 15.7. The standard InChI is InChI=1S/C26H27FN2O3S/c1-18(21-11-10-19-7-5-8-22(19)16-21)28-26(30)20-12-14-24(15-13-20)29(33(2,31)32)17-23-6-3-4-9-25(23)27/h3-4,6,9-16,18H,5,7-8,17H2,1-2H3,(H,28,30)/t18-/m0/s1. The number of rotatable bonds is 7. The lowest BCUT2D eigenvalue weighted by Crippen LogP contribution is -2.30. The minimum atomic E-state index is -3.66. The number of carbonyl (C=O) groups excluding carboxylic acids is 1. The van der Waals surface area contributed by atoms with Crippen molar-refractivity contribution in [1.82, 2.24) is 5.32 Å². The number of hydrogen-bond acceptors (Lipinski definition) is 3. The van der Waals surface area contributed by atoms with Crippen molar-refractivity contribution in [3.8, 4) is 0 Å². The molecule has 1 aliphatic carbocycles. The van der Waals surface area contributed by atoms with Crippen LogP contribution in [0.15, 0.2) is 66.7 Å². The van der Waals surface area contributed by atoms with Crippen LogP contribution in [0.2, 0.25) is 0 Å². The van der Waals surface area contributed by atoms with Crippen LogP contribution in [0.25, 0.3) is 0 Å². The summed E-state index contributed by atoms with van der Waals surface area (Å²) in [6.07, 6.45) is 4.44. The first kappa shape index (κ1) is 23.0. The number of sulfonamides is 1. The SMILES string of the molecule is C[C@H](NC(=O)c1ccc(N(Cc2ccccc2F)S(C)(=O)=O)cc1)c1ccc2c(c1)CCC2. The number of fused-ring (bicyclic) bond motifs is 1. The van der Waals surface area contributed by atoms with E-state index in [0.29, 0.717) is 11.3 Å². The highest BCUT2D eigenvalue weighted by atomic mass is 32.2. The Morgan fingerprint density at radius 1 is 1.03 bits per heavy atom. The zero-order valence-corrected chi connectivity index (χ0v) is 19.5. The van der Waals surface area contributed by atoms with Gasteiger partial charge in [-0.3, -0.25) is 9.10 Å². The molecule has 33 heavy (non-hydrogen) atoms. The highest BCUT2D eigenvalue weighted by Crippen LogP contribution is 2.26. The van der Waals surface area contributed by atoms with E-state index < -0.39 is 15.8 Å². The molecule has 0 bridgehead atoms. The number of anilines is 1. The Morgan fingerprint density at radius 3 is 2.42 bits per heavy atom. The van der Waals surface area contributed by atoms with E-state index in [4.69, 9.17) is 0 Å². The van der Waals surface area contributed by atoms with E-state index in [2.05, 4.69) is 23.5 Å². The largest absolute Gasteiger partial charge is 0.346 e. The molecule has 1 amide bonds. The van der Waals surface area contributed by atoms with E-state index in [0.717, 1.165) is 29.0 Å². The van der Waals surface area contributed by atoms with Gasteiger partial charge in [-0.15, -0.1) is 0 Å². The summed E-state index contributed by atoms with van der Waals surface area (Å²) in [5.74, 6) is -0.711. The van der Waals surface area contributed by atoms with Crippen LogP contribution in [0.1, 0.15) is 52.0 Å². The second-order valence-corrected chi connectivity index (χ2v) is 10.4. The summed E-state index contributed by atoms with van der Waals surface area (Å²) in [7, 11) is -3.66. The molecule has 0 spiro atoms. The zero-order valence-electron chi connectivity index (χ0n) is 18.7. The Hall–Kier alpha value is -3.19. The third-order valence-electron chi connectivity index (χ3n) is 6.06. The molecular weight excluding hydrogens is 439 g/mol. The second-order valence-electron chi connectivity index (χ2n) is 8.48. The number of nitrogens with zero attached hydrogens (tertiary/aromatic N) is 1. The Balaban J connectivity index is 1.49. The summed E-state index contributed by atoms with van der Waals surface area (Å²) in [6.45, 7) is 1.81. The predicted octanol–water partition coefficient (Wildman–Crippen LogP) is 4.77. The van der Waals surface area contributed by atoms with E-state index in [1.807, 2.05) is 6.92 Å². The van der Waals surface area contributed by atoms with Gasteiger partial charge in [-0.2, -0.15) is 0 Å². The van der Waals surface area contributed by atoms with Gasteiger partial charge in [-0.05, 0) is 73.2 Å². The Morgan fingerprint density at radius 2 is 1.73 bits per heavy atom. The number of nitrogens with one attached hydrogen (secondary N) is 1. The fraction of sp³-hybridized carbons (Fsp3) is 0.269. The monoisotopic (exact) mass is 466 g/mol. The molecule has 3 aromatic rings. The summed E-state index contributed by atoms with van der Waals surface area (Å²) in [6, 6.07) is 18.6. The Bertz CT molecular complexity index is 1270. The summed E-state index contributed by atoms with van der Waals surface area (Å²) in [4.78, 5) is 12.8. The van der Waals surface area contributed by atoms with Gasteiger partial charge in [0.05, 0.1) is 24.5 Å². The summed E-state index contributed by atoms with van der Waals surface area (Å²) < 4.78 is 40.0. The number of amides is 1. The van der Waals surface area contributed by atoms with E-state index in [9.17, 15) is 17.6 Å². The quantitative estimate of drug-likeness (QED) is 0.545. The van der Waals surface area contributed by atoms with Gasteiger partial charge in [0.1, 0.15) is 5.82 Å². The van der Waals surface area contributed by atoms with Crippen molar-refractivity contribution in [1.29, 1.82) is 0 Å². The first-order valence-electron chi connectivity index (χ1n) is 11.0. The molecule has 0 saturated carbocycles. The second kappa shape index (κ2) is 9.35. The average molecular weight is 467 g/mol. The number of halogens is 1. The molecule has 0 fully saturated rings. The normalized spacial score (nSPS) is 13.9. The molecule has 4 rings (SSSR count). The third kappa shape index (κ3) is 5.25. The van der Waals surface area contributed by atoms with E-state index >= 15 is 0 Å². The molecule has 172 valence electrons. The van der Waals surface area contributed by atoms with Gasteiger partial charge in [0, 0.05) is 11.1 Å². The van der Waals surface area contributed by atoms with Crippen LogP contribution >= 0.6 is 0 Å². The maximum Gasteiger partial charge on any atom is 0.251 e. The minimum Gasteiger partial charge on any atom is -0.346 e. The lowest BCUT2D eigenvalue weighted by atomic mass is 10.0. The molecule has 0 aliphatic heterocycles. The van der Waals surface area contributed by atoms with Crippen molar-refractivity contribution < 1.29 is 17.6 Å². The summed E-state index contributed by atoms with van der Waals surface area (Å²) >= 11 is 0. The van der Waals surface area contributed by atoms with Gasteiger partial charge in [-0.1, -0.05) is 36.4 Å². The van der Waals surface area contributed by atoms with Gasteiger partial charge in [0.25, 0.3) is 5.91 Å². The van der Waals surface area contributed by atoms with Crippen molar-refractivity contribution in [2.45, 2.75) is 38.8 Å². The molecule has 0 saturated heterocycles. The fourth-order valence-corrected chi connectivity index (χ4v) is 5.06. The molecule has 0 heterocycles. The van der Waals surface area contributed by atoms with Crippen molar-refractivity contribution in [3.63, 3.8) is 0 Å².